The molecule has 0 aliphatic heterocycles. The second kappa shape index (κ2) is 7.62. The molecule has 1 saturated carbocycles. The molecule has 0 bridgehead atoms. The fourth-order valence-electron chi connectivity index (χ4n) is 3.61. The van der Waals surface area contributed by atoms with Gasteiger partial charge in [-0.2, -0.15) is 5.10 Å². The van der Waals surface area contributed by atoms with Gasteiger partial charge in [0, 0.05) is 18.7 Å². The molecule has 0 saturated heterocycles. The van der Waals surface area contributed by atoms with E-state index in [0.29, 0.717) is 40.9 Å². The number of rotatable bonds is 6. The molecule has 0 spiro atoms. The summed E-state index contributed by atoms with van der Waals surface area (Å²) >= 11 is 0. The van der Waals surface area contributed by atoms with Crippen molar-refractivity contribution in [2.75, 3.05) is 6.54 Å². The van der Waals surface area contributed by atoms with Gasteiger partial charge in [0.15, 0.2) is 11.5 Å². The number of H-pyrrole nitrogens is 1. The van der Waals surface area contributed by atoms with Gasteiger partial charge in [0.1, 0.15) is 23.0 Å². The lowest BCUT2D eigenvalue weighted by Gasteiger charge is -2.35. The predicted octanol–water partition coefficient (Wildman–Crippen LogP) is 3.13. The minimum atomic E-state index is -0.215. The Bertz CT molecular complexity index is 1040. The van der Waals surface area contributed by atoms with Gasteiger partial charge >= 0.3 is 0 Å². The summed E-state index contributed by atoms with van der Waals surface area (Å²) in [6, 6.07) is 7.21. The van der Waals surface area contributed by atoms with Crippen LogP contribution in [0.15, 0.2) is 33.1 Å². The van der Waals surface area contributed by atoms with Crippen molar-refractivity contribution in [2.45, 2.75) is 39.7 Å². The number of hydrogen-bond donors (Lipinski definition) is 3. The van der Waals surface area contributed by atoms with Crippen molar-refractivity contribution in [1.82, 2.24) is 20.8 Å². The molecule has 0 aromatic carbocycles. The summed E-state index contributed by atoms with van der Waals surface area (Å²) in [6.45, 7) is 6.05. The summed E-state index contributed by atoms with van der Waals surface area (Å²) in [5, 5.41) is 12.8. The maximum Gasteiger partial charge on any atom is 0.272 e. The number of hydrogen-bond acceptors (Lipinski definition) is 5. The quantitative estimate of drug-likeness (QED) is 0.592. The molecule has 3 N–H and O–H groups in total. The monoisotopic (exact) mass is 396 g/mol. The van der Waals surface area contributed by atoms with Crippen molar-refractivity contribution < 1.29 is 18.4 Å². The number of aromatic nitrogens is 2. The Hall–Kier alpha value is -3.29. The summed E-state index contributed by atoms with van der Waals surface area (Å²) in [7, 11) is 0. The number of carbonyl (C=O) groups is 2. The smallest absolute Gasteiger partial charge is 0.272 e. The lowest BCUT2D eigenvalue weighted by Crippen LogP contribution is -2.47. The highest BCUT2D eigenvalue weighted by Crippen LogP contribution is 2.27. The van der Waals surface area contributed by atoms with Crippen LogP contribution >= 0.6 is 0 Å². The summed E-state index contributed by atoms with van der Waals surface area (Å²) in [5.41, 5.74) is 1.58. The molecule has 152 valence electrons. The second-order valence-corrected chi connectivity index (χ2v) is 7.62. The van der Waals surface area contributed by atoms with E-state index in [1.807, 2.05) is 26.0 Å². The van der Waals surface area contributed by atoms with E-state index in [1.165, 1.54) is 0 Å². The molecule has 1 aliphatic rings. The molecular weight excluding hydrogens is 372 g/mol. The molecule has 29 heavy (non-hydrogen) atoms. The maximum atomic E-state index is 12.4. The highest BCUT2D eigenvalue weighted by molar-refractivity contribution is 5.95. The molecule has 1 fully saturated rings. The summed E-state index contributed by atoms with van der Waals surface area (Å²) in [4.78, 5) is 24.6. The zero-order chi connectivity index (χ0) is 20.5. The number of furan rings is 2. The maximum absolute atomic E-state index is 12.4. The molecule has 1 aliphatic carbocycles. The van der Waals surface area contributed by atoms with Crippen LogP contribution in [0.25, 0.3) is 11.5 Å². The van der Waals surface area contributed by atoms with Crippen molar-refractivity contribution in [3.8, 4) is 11.5 Å². The minimum absolute atomic E-state index is 0.0910. The Kier molecular flexibility index (Phi) is 5.00. The molecule has 3 aromatic rings. The molecular formula is C21H24N4O4. The van der Waals surface area contributed by atoms with Crippen LogP contribution in [-0.4, -0.2) is 34.6 Å². The third kappa shape index (κ3) is 4.11. The molecule has 4 rings (SSSR count). The summed E-state index contributed by atoms with van der Waals surface area (Å²) in [5.74, 6) is 2.81. The van der Waals surface area contributed by atoms with Gasteiger partial charge in [-0.05, 0) is 57.7 Å². The van der Waals surface area contributed by atoms with Gasteiger partial charge in [-0.1, -0.05) is 0 Å². The van der Waals surface area contributed by atoms with Gasteiger partial charge in [0.05, 0.1) is 5.56 Å². The number of aryl methyl sites for hydroxylation is 3. The molecule has 0 unspecified atom stereocenters. The molecule has 8 nitrogen and oxygen atoms in total. The lowest BCUT2D eigenvalue weighted by molar-refractivity contribution is 0.0859. The zero-order valence-corrected chi connectivity index (χ0v) is 16.7. The fraction of sp³-hybridized carbons (Fsp3) is 0.381. The average Bonchev–Trinajstić information content (AvgIpc) is 3.36. The first kappa shape index (κ1) is 19.0. The van der Waals surface area contributed by atoms with Crippen LogP contribution in [0.4, 0.5) is 0 Å². The largest absolute Gasteiger partial charge is 0.466 e. The number of amides is 2. The van der Waals surface area contributed by atoms with E-state index in [9.17, 15) is 9.59 Å². The highest BCUT2D eigenvalue weighted by Gasteiger charge is 2.31. The average molecular weight is 396 g/mol. The third-order valence-electron chi connectivity index (χ3n) is 5.22. The number of nitrogens with one attached hydrogen (secondary N) is 3. The molecule has 3 heterocycles. The predicted molar refractivity (Wildman–Crippen MR) is 106 cm³/mol. The van der Waals surface area contributed by atoms with Crippen molar-refractivity contribution in [1.29, 1.82) is 0 Å². The molecule has 0 radical (unpaired) electrons. The van der Waals surface area contributed by atoms with E-state index >= 15 is 0 Å². The summed E-state index contributed by atoms with van der Waals surface area (Å²) in [6.07, 6.45) is 1.65. The van der Waals surface area contributed by atoms with Crippen LogP contribution in [-0.2, 0) is 0 Å². The van der Waals surface area contributed by atoms with Crippen LogP contribution in [0.1, 0.15) is 51.0 Å². The van der Waals surface area contributed by atoms with Crippen LogP contribution < -0.4 is 10.6 Å². The van der Waals surface area contributed by atoms with Crippen molar-refractivity contribution >= 4 is 11.8 Å². The number of carbonyl (C=O) groups excluding carboxylic acids is 2. The van der Waals surface area contributed by atoms with E-state index in [-0.39, 0.29) is 17.9 Å². The van der Waals surface area contributed by atoms with Crippen molar-refractivity contribution in [3.63, 3.8) is 0 Å². The molecule has 8 heteroatoms. The van der Waals surface area contributed by atoms with Crippen molar-refractivity contribution in [2.24, 2.45) is 5.92 Å². The van der Waals surface area contributed by atoms with Crippen LogP contribution in [0.5, 0.6) is 0 Å². The summed E-state index contributed by atoms with van der Waals surface area (Å²) < 4.78 is 10.9. The van der Waals surface area contributed by atoms with Gasteiger partial charge < -0.3 is 19.5 Å². The molecule has 2 amide bonds. The standard InChI is InChI=1S/C21H24N4O4/c1-11-4-5-19(29-11)17-9-18(25-24-17)21(27)23-15-7-14(8-15)10-22-20(26)16-6-12(2)28-13(16)3/h4-6,9,14-15H,7-8,10H2,1-3H3,(H,22,26)(H,23,27)(H,24,25). The van der Waals surface area contributed by atoms with Crippen LogP contribution in [0.3, 0.4) is 0 Å². The molecule has 3 aromatic heterocycles. The van der Waals surface area contributed by atoms with Gasteiger partial charge in [0.2, 0.25) is 0 Å². The third-order valence-corrected chi connectivity index (χ3v) is 5.22. The van der Waals surface area contributed by atoms with Gasteiger partial charge in [-0.15, -0.1) is 0 Å². The van der Waals surface area contributed by atoms with Gasteiger partial charge in [0.25, 0.3) is 11.8 Å². The second-order valence-electron chi connectivity index (χ2n) is 7.62. The Balaban J connectivity index is 1.22. The van der Waals surface area contributed by atoms with Gasteiger partial charge in [-0.25, -0.2) is 0 Å². The van der Waals surface area contributed by atoms with Gasteiger partial charge in [-0.3, -0.25) is 14.7 Å². The van der Waals surface area contributed by atoms with Crippen LogP contribution in [0, 0.1) is 26.7 Å². The Morgan fingerprint density at radius 1 is 1.10 bits per heavy atom. The Labute approximate surface area is 168 Å². The normalized spacial score (nSPS) is 18.3. The number of aromatic amines is 1. The van der Waals surface area contributed by atoms with Crippen LogP contribution in [0.2, 0.25) is 0 Å². The SMILES string of the molecule is Cc1ccc(-c2cc(C(=O)NC3CC(CNC(=O)c4cc(C)oc4C)C3)n[nH]2)o1. The highest BCUT2D eigenvalue weighted by atomic mass is 16.3. The Morgan fingerprint density at radius 3 is 2.55 bits per heavy atom. The minimum Gasteiger partial charge on any atom is -0.466 e. The number of nitrogens with zero attached hydrogens (tertiary/aromatic N) is 1. The Morgan fingerprint density at radius 2 is 1.90 bits per heavy atom. The van der Waals surface area contributed by atoms with E-state index < -0.39 is 0 Å². The van der Waals surface area contributed by atoms with Crippen molar-refractivity contribution in [3.05, 3.63) is 52.8 Å². The first-order chi connectivity index (χ1) is 13.9. The topological polar surface area (TPSA) is 113 Å². The molecule has 0 atom stereocenters. The fourth-order valence-corrected chi connectivity index (χ4v) is 3.61. The zero-order valence-electron chi connectivity index (χ0n) is 16.7. The van der Waals surface area contributed by atoms with E-state index in [0.717, 1.165) is 24.4 Å². The first-order valence-electron chi connectivity index (χ1n) is 9.67. The lowest BCUT2D eigenvalue weighted by atomic mass is 9.80. The van der Waals surface area contributed by atoms with E-state index in [1.54, 1.807) is 19.1 Å². The van der Waals surface area contributed by atoms with E-state index in [2.05, 4.69) is 20.8 Å². The first-order valence-corrected chi connectivity index (χ1v) is 9.67. The van der Waals surface area contributed by atoms with E-state index in [4.69, 9.17) is 8.83 Å².